The van der Waals surface area contributed by atoms with Gasteiger partial charge in [-0.05, 0) is 67.8 Å². The molecule has 1 atom stereocenters. The molecule has 6 nitrogen and oxygen atoms in total. The molecule has 1 unspecified atom stereocenters. The Morgan fingerprint density at radius 1 is 0.844 bits per heavy atom. The minimum atomic E-state index is -3.73. The van der Waals surface area contributed by atoms with Crippen LogP contribution < -0.4 is 14.8 Å². The molecule has 3 rings (SSSR count). The quantitative estimate of drug-likeness (QED) is 0.484. The lowest BCUT2D eigenvalue weighted by atomic mass is 10.0. The third-order valence-electron chi connectivity index (χ3n) is 4.95. The summed E-state index contributed by atoms with van der Waals surface area (Å²) in [5.74, 6) is 0.621. The molecule has 0 saturated carbocycles. The van der Waals surface area contributed by atoms with Gasteiger partial charge in [0.2, 0.25) is 0 Å². The highest BCUT2D eigenvalue weighted by molar-refractivity contribution is 7.92. The molecular weight excluding hydrogens is 424 g/mol. The lowest BCUT2D eigenvalue weighted by Crippen LogP contribution is -2.30. The van der Waals surface area contributed by atoms with E-state index < -0.39 is 16.1 Å². The number of anilines is 2. The molecule has 0 saturated heterocycles. The zero-order valence-corrected chi connectivity index (χ0v) is 19.4. The Morgan fingerprint density at radius 3 is 2.06 bits per heavy atom. The topological polar surface area (TPSA) is 84.5 Å². The van der Waals surface area contributed by atoms with Gasteiger partial charge in [-0.2, -0.15) is 0 Å². The molecule has 7 heteroatoms. The summed E-state index contributed by atoms with van der Waals surface area (Å²) in [6, 6.07) is 20.7. The molecule has 0 bridgehead atoms. The van der Waals surface area contributed by atoms with Crippen LogP contribution in [-0.2, 0) is 14.8 Å². The van der Waals surface area contributed by atoms with Gasteiger partial charge in [-0.15, -0.1) is 0 Å². The van der Waals surface area contributed by atoms with E-state index in [-0.39, 0.29) is 16.7 Å². The second-order valence-electron chi connectivity index (χ2n) is 7.94. The number of carbonyl (C=O) groups is 1. The van der Waals surface area contributed by atoms with Crippen LogP contribution in [0, 0.1) is 6.92 Å². The highest BCUT2D eigenvalue weighted by Crippen LogP contribution is 2.27. The fourth-order valence-corrected chi connectivity index (χ4v) is 4.16. The number of amides is 1. The molecule has 0 aliphatic heterocycles. The van der Waals surface area contributed by atoms with E-state index in [0.29, 0.717) is 17.1 Å². The number of carbonyl (C=O) groups excluding carboxylic acids is 1. The maximum absolute atomic E-state index is 12.6. The van der Waals surface area contributed by atoms with Crippen molar-refractivity contribution in [1.29, 1.82) is 0 Å². The van der Waals surface area contributed by atoms with Crippen molar-refractivity contribution in [2.75, 3.05) is 10.0 Å². The number of hydrogen-bond acceptors (Lipinski definition) is 4. The number of aryl methyl sites for hydroxylation is 1. The predicted octanol–water partition coefficient (Wildman–Crippen LogP) is 5.33. The van der Waals surface area contributed by atoms with Crippen LogP contribution in [0.1, 0.15) is 37.8 Å². The largest absolute Gasteiger partial charge is 0.481 e. The fourth-order valence-electron chi connectivity index (χ4n) is 3.11. The van der Waals surface area contributed by atoms with Crippen LogP contribution >= 0.6 is 0 Å². The van der Waals surface area contributed by atoms with E-state index in [0.717, 1.165) is 11.1 Å². The number of benzene rings is 3. The molecule has 0 aliphatic carbocycles. The van der Waals surface area contributed by atoms with Gasteiger partial charge in [-0.25, -0.2) is 8.42 Å². The zero-order valence-electron chi connectivity index (χ0n) is 18.6. The Morgan fingerprint density at radius 2 is 1.44 bits per heavy atom. The lowest BCUT2D eigenvalue weighted by molar-refractivity contribution is -0.122. The maximum atomic E-state index is 12.6. The van der Waals surface area contributed by atoms with Crippen molar-refractivity contribution in [3.8, 4) is 5.75 Å². The van der Waals surface area contributed by atoms with Crippen LogP contribution in [-0.4, -0.2) is 20.4 Å². The van der Waals surface area contributed by atoms with Crippen LogP contribution in [0.3, 0.4) is 0 Å². The highest BCUT2D eigenvalue weighted by Gasteiger charge is 2.18. The number of sulfonamides is 1. The van der Waals surface area contributed by atoms with Crippen LogP contribution in [0.2, 0.25) is 0 Å². The molecule has 0 aromatic heterocycles. The monoisotopic (exact) mass is 452 g/mol. The van der Waals surface area contributed by atoms with Gasteiger partial charge in [-0.1, -0.05) is 49.7 Å². The van der Waals surface area contributed by atoms with E-state index in [2.05, 4.69) is 23.9 Å². The maximum Gasteiger partial charge on any atom is 0.265 e. The van der Waals surface area contributed by atoms with Gasteiger partial charge in [0.1, 0.15) is 5.75 Å². The molecule has 0 radical (unpaired) electrons. The molecule has 2 N–H and O–H groups in total. The minimum Gasteiger partial charge on any atom is -0.481 e. The van der Waals surface area contributed by atoms with Gasteiger partial charge in [0.15, 0.2) is 6.10 Å². The summed E-state index contributed by atoms with van der Waals surface area (Å²) in [4.78, 5) is 12.7. The predicted molar refractivity (Wildman–Crippen MR) is 128 cm³/mol. The van der Waals surface area contributed by atoms with Crippen molar-refractivity contribution in [2.24, 2.45) is 0 Å². The average molecular weight is 453 g/mol. The molecule has 168 valence electrons. The summed E-state index contributed by atoms with van der Waals surface area (Å²) < 4.78 is 33.6. The normalized spacial score (nSPS) is 12.3. The van der Waals surface area contributed by atoms with Crippen molar-refractivity contribution in [3.63, 3.8) is 0 Å². The van der Waals surface area contributed by atoms with E-state index in [1.54, 1.807) is 31.2 Å². The lowest BCUT2D eigenvalue weighted by Gasteiger charge is -2.18. The number of nitrogens with one attached hydrogen (secondary N) is 2. The number of para-hydroxylation sites is 1. The molecular formula is C25H28N2O4S. The smallest absolute Gasteiger partial charge is 0.265 e. The summed E-state index contributed by atoms with van der Waals surface area (Å²) in [6.07, 6.45) is -0.721. The van der Waals surface area contributed by atoms with Crippen LogP contribution in [0.4, 0.5) is 11.4 Å². The number of rotatable bonds is 8. The molecule has 3 aromatic carbocycles. The summed E-state index contributed by atoms with van der Waals surface area (Å²) >= 11 is 0. The van der Waals surface area contributed by atoms with Crippen LogP contribution in [0.15, 0.2) is 77.7 Å². The minimum absolute atomic E-state index is 0.103. The second-order valence-corrected chi connectivity index (χ2v) is 9.62. The highest BCUT2D eigenvalue weighted by atomic mass is 32.2. The Labute approximate surface area is 189 Å². The van der Waals surface area contributed by atoms with E-state index >= 15 is 0 Å². The fraction of sp³-hybridized carbons (Fsp3) is 0.240. The first-order valence-corrected chi connectivity index (χ1v) is 11.9. The van der Waals surface area contributed by atoms with E-state index in [9.17, 15) is 13.2 Å². The summed E-state index contributed by atoms with van der Waals surface area (Å²) in [5.41, 5.74) is 3.04. The van der Waals surface area contributed by atoms with Crippen molar-refractivity contribution >= 4 is 27.3 Å². The molecule has 1 amide bonds. The van der Waals surface area contributed by atoms with E-state index in [1.165, 1.54) is 12.1 Å². The summed E-state index contributed by atoms with van der Waals surface area (Å²) in [6.45, 7) is 7.74. The average Bonchev–Trinajstić information content (AvgIpc) is 2.76. The van der Waals surface area contributed by atoms with Gasteiger partial charge < -0.3 is 10.1 Å². The van der Waals surface area contributed by atoms with Gasteiger partial charge in [0.25, 0.3) is 15.9 Å². The Kier molecular flexibility index (Phi) is 7.20. The Bertz CT molecular complexity index is 1170. The van der Waals surface area contributed by atoms with Crippen molar-refractivity contribution < 1.29 is 17.9 Å². The molecule has 3 aromatic rings. The molecule has 0 fully saturated rings. The zero-order chi connectivity index (χ0) is 23.3. The van der Waals surface area contributed by atoms with Crippen molar-refractivity contribution in [1.82, 2.24) is 0 Å². The first-order chi connectivity index (χ1) is 15.2. The van der Waals surface area contributed by atoms with E-state index in [1.807, 2.05) is 43.3 Å². The van der Waals surface area contributed by atoms with Gasteiger partial charge in [-0.3, -0.25) is 9.52 Å². The first-order valence-electron chi connectivity index (χ1n) is 10.4. The summed E-state index contributed by atoms with van der Waals surface area (Å²) in [5, 5.41) is 2.77. The second kappa shape index (κ2) is 9.87. The third-order valence-corrected chi connectivity index (χ3v) is 6.35. The van der Waals surface area contributed by atoms with Crippen LogP contribution in [0.5, 0.6) is 5.75 Å². The molecule has 0 spiro atoms. The van der Waals surface area contributed by atoms with Gasteiger partial charge in [0, 0.05) is 11.4 Å². The molecule has 0 heterocycles. The van der Waals surface area contributed by atoms with Gasteiger partial charge in [0.05, 0.1) is 4.90 Å². The SMILES string of the molecule is Cc1ccc(NS(=O)(=O)c2ccc(NC(=O)C(C)Oc3ccccc3C(C)C)cc2)cc1. The molecule has 0 aliphatic rings. The summed E-state index contributed by atoms with van der Waals surface area (Å²) in [7, 11) is -3.73. The number of hydrogen-bond donors (Lipinski definition) is 2. The van der Waals surface area contributed by atoms with Crippen molar-refractivity contribution in [2.45, 2.75) is 44.6 Å². The standard InChI is InChI=1S/C25H28N2O4S/c1-17(2)23-7-5-6-8-24(23)31-19(4)25(28)26-20-13-15-22(16-14-20)32(29,30)27-21-11-9-18(3)10-12-21/h5-17,19,27H,1-4H3,(H,26,28). The number of ether oxygens (including phenoxy) is 1. The van der Waals surface area contributed by atoms with E-state index in [4.69, 9.17) is 4.74 Å². The van der Waals surface area contributed by atoms with Gasteiger partial charge >= 0.3 is 0 Å². The molecule has 32 heavy (non-hydrogen) atoms. The Balaban J connectivity index is 1.64. The Hall–Kier alpha value is -3.32. The first kappa shape index (κ1) is 23.3. The third kappa shape index (κ3) is 5.88. The van der Waals surface area contributed by atoms with Crippen LogP contribution in [0.25, 0.3) is 0 Å². The van der Waals surface area contributed by atoms with Crippen molar-refractivity contribution in [3.05, 3.63) is 83.9 Å².